The van der Waals surface area contributed by atoms with Crippen LogP contribution >= 0.6 is 11.6 Å². The minimum absolute atomic E-state index is 0.154. The van der Waals surface area contributed by atoms with Gasteiger partial charge in [0.1, 0.15) is 6.26 Å². The summed E-state index contributed by atoms with van der Waals surface area (Å²) < 4.78 is 12.4. The van der Waals surface area contributed by atoms with Crippen LogP contribution in [0.5, 0.6) is 0 Å². The molecule has 1 atom stereocenters. The third-order valence-electron chi connectivity index (χ3n) is 3.96. The Bertz CT molecular complexity index is 772. The second-order valence-electron chi connectivity index (χ2n) is 6.04. The van der Waals surface area contributed by atoms with Gasteiger partial charge >= 0.3 is 5.97 Å². The van der Waals surface area contributed by atoms with Crippen LogP contribution in [0.2, 0.25) is 5.02 Å². The van der Waals surface area contributed by atoms with E-state index in [0.717, 1.165) is 11.3 Å². The zero-order valence-electron chi connectivity index (χ0n) is 13.3. The molecule has 0 bridgehead atoms. The molecule has 0 spiro atoms. The summed E-state index contributed by atoms with van der Waals surface area (Å²) in [5.41, 5.74) is 2.19. The maximum Gasteiger partial charge on any atom is 0.315 e. The lowest BCUT2D eigenvalue weighted by molar-refractivity contribution is -0.149. The first-order valence-corrected chi connectivity index (χ1v) is 7.95. The molecule has 2 aromatic heterocycles. The number of aryl methyl sites for hydroxylation is 1. The minimum Gasteiger partial charge on any atom is -0.462 e. The Balaban J connectivity index is 1.94. The maximum atomic E-state index is 12.7. The van der Waals surface area contributed by atoms with Gasteiger partial charge in [-0.2, -0.15) is 0 Å². The lowest BCUT2D eigenvalue weighted by Crippen LogP contribution is -2.18. The van der Waals surface area contributed by atoms with E-state index in [2.05, 4.69) is 0 Å². The molecule has 6 heteroatoms. The Morgan fingerprint density at radius 1 is 1.39 bits per heavy atom. The molecule has 0 saturated heterocycles. The molecule has 0 amide bonds. The van der Waals surface area contributed by atoms with Crippen molar-refractivity contribution >= 4 is 23.4 Å². The number of nitrogens with zero attached hydrogens (tertiary/aromatic N) is 1. The third kappa shape index (κ3) is 2.81. The fraction of sp³-hybridized carbons (Fsp3) is 0.412. The highest BCUT2D eigenvalue weighted by atomic mass is 35.5. The molecule has 0 radical (unpaired) electrons. The molecular formula is C17H18ClNO4. The summed E-state index contributed by atoms with van der Waals surface area (Å²) in [5.74, 6) is -0.583. The number of fused-ring (bicyclic) bond motifs is 1. The maximum absolute atomic E-state index is 12.7. The van der Waals surface area contributed by atoms with E-state index in [9.17, 15) is 9.59 Å². The molecular weight excluding hydrogens is 318 g/mol. The van der Waals surface area contributed by atoms with Crippen LogP contribution in [0.3, 0.4) is 0 Å². The second-order valence-corrected chi connectivity index (χ2v) is 6.47. The van der Waals surface area contributed by atoms with Gasteiger partial charge in [0, 0.05) is 18.3 Å². The van der Waals surface area contributed by atoms with Crippen LogP contribution in [0.15, 0.2) is 22.8 Å². The van der Waals surface area contributed by atoms with Crippen LogP contribution in [0.4, 0.5) is 0 Å². The molecule has 5 nitrogen and oxygen atoms in total. The zero-order chi connectivity index (χ0) is 16.7. The summed E-state index contributed by atoms with van der Waals surface area (Å²) in [7, 11) is 0. The Morgan fingerprint density at radius 3 is 2.74 bits per heavy atom. The van der Waals surface area contributed by atoms with Crippen molar-refractivity contribution in [2.45, 2.75) is 45.8 Å². The molecule has 0 saturated carbocycles. The lowest BCUT2D eigenvalue weighted by atomic mass is 10.0. The zero-order valence-corrected chi connectivity index (χ0v) is 14.0. The average Bonchev–Trinajstić information content (AvgIpc) is 3.12. The fourth-order valence-corrected chi connectivity index (χ4v) is 3.19. The van der Waals surface area contributed by atoms with Crippen molar-refractivity contribution in [3.8, 4) is 0 Å². The summed E-state index contributed by atoms with van der Waals surface area (Å²) in [6, 6.07) is 3.39. The Kier molecular flexibility index (Phi) is 4.06. The van der Waals surface area contributed by atoms with Gasteiger partial charge in [0.15, 0.2) is 5.76 Å². The van der Waals surface area contributed by atoms with Gasteiger partial charge < -0.3 is 13.7 Å². The van der Waals surface area contributed by atoms with Crippen molar-refractivity contribution in [2.24, 2.45) is 0 Å². The summed E-state index contributed by atoms with van der Waals surface area (Å²) in [6.07, 6.45) is 1.82. The van der Waals surface area contributed by atoms with Gasteiger partial charge in [0.2, 0.25) is 5.78 Å². The van der Waals surface area contributed by atoms with Gasteiger partial charge in [0.25, 0.3) is 0 Å². The molecule has 2 aromatic rings. The average molecular weight is 336 g/mol. The van der Waals surface area contributed by atoms with E-state index < -0.39 is 0 Å². The quantitative estimate of drug-likeness (QED) is 0.631. The van der Waals surface area contributed by atoms with Gasteiger partial charge in [-0.1, -0.05) is 11.6 Å². The van der Waals surface area contributed by atoms with E-state index in [-0.39, 0.29) is 29.5 Å². The van der Waals surface area contributed by atoms with Crippen molar-refractivity contribution in [1.29, 1.82) is 0 Å². The Morgan fingerprint density at radius 2 is 2.13 bits per heavy atom. The highest BCUT2D eigenvalue weighted by Gasteiger charge is 2.35. The van der Waals surface area contributed by atoms with Crippen LogP contribution < -0.4 is 0 Å². The number of esters is 1. The number of carbonyl (C=O) groups excluding carboxylic acids is 2. The molecule has 1 aliphatic heterocycles. The number of furan rings is 1. The first-order chi connectivity index (χ1) is 10.9. The summed E-state index contributed by atoms with van der Waals surface area (Å²) in [5, 5.41) is 0.387. The molecule has 122 valence electrons. The molecule has 1 unspecified atom stereocenters. The van der Waals surface area contributed by atoms with Gasteiger partial charge in [-0.3, -0.25) is 9.59 Å². The summed E-state index contributed by atoms with van der Waals surface area (Å²) in [6.45, 7) is 6.12. The first kappa shape index (κ1) is 15.9. The van der Waals surface area contributed by atoms with E-state index in [1.807, 2.05) is 31.4 Å². The van der Waals surface area contributed by atoms with Crippen molar-refractivity contribution in [1.82, 2.24) is 4.57 Å². The first-order valence-electron chi connectivity index (χ1n) is 7.57. The molecule has 0 aliphatic carbocycles. The molecule has 3 rings (SSSR count). The monoisotopic (exact) mass is 335 g/mol. The highest BCUT2D eigenvalue weighted by molar-refractivity contribution is 6.31. The molecule has 0 aromatic carbocycles. The highest BCUT2D eigenvalue weighted by Crippen LogP contribution is 2.35. The van der Waals surface area contributed by atoms with Crippen LogP contribution in [0.25, 0.3) is 0 Å². The predicted molar refractivity (Wildman–Crippen MR) is 84.9 cm³/mol. The van der Waals surface area contributed by atoms with E-state index in [1.54, 1.807) is 0 Å². The molecule has 23 heavy (non-hydrogen) atoms. The smallest absolute Gasteiger partial charge is 0.315 e. The van der Waals surface area contributed by atoms with E-state index >= 15 is 0 Å². The third-order valence-corrected chi connectivity index (χ3v) is 4.16. The molecule has 3 heterocycles. The van der Waals surface area contributed by atoms with Crippen molar-refractivity contribution < 1.29 is 18.7 Å². The summed E-state index contributed by atoms with van der Waals surface area (Å²) >= 11 is 5.82. The summed E-state index contributed by atoms with van der Waals surface area (Å²) in [4.78, 5) is 24.9. The largest absolute Gasteiger partial charge is 0.462 e. The van der Waals surface area contributed by atoms with Gasteiger partial charge in [-0.15, -0.1) is 0 Å². The second kappa shape index (κ2) is 5.89. The number of halogens is 1. The lowest BCUT2D eigenvalue weighted by Gasteiger charge is -2.12. The fourth-order valence-electron chi connectivity index (χ4n) is 3.05. The minimum atomic E-state index is -0.321. The van der Waals surface area contributed by atoms with Crippen LogP contribution in [-0.4, -0.2) is 22.4 Å². The number of aromatic nitrogens is 1. The van der Waals surface area contributed by atoms with Crippen molar-refractivity contribution in [3.05, 3.63) is 46.1 Å². The van der Waals surface area contributed by atoms with Crippen LogP contribution in [0, 0.1) is 6.92 Å². The van der Waals surface area contributed by atoms with Crippen molar-refractivity contribution in [2.75, 3.05) is 0 Å². The Labute approximate surface area is 139 Å². The number of carbonyl (C=O) groups is 2. The SMILES string of the molecule is Cc1cc2n(c1C(=O)c1cc(Cl)co1)CCC2C(=O)OC(C)C. The molecule has 0 fully saturated rings. The van der Waals surface area contributed by atoms with Crippen LogP contribution in [-0.2, 0) is 16.1 Å². The van der Waals surface area contributed by atoms with Gasteiger partial charge in [-0.25, -0.2) is 0 Å². The van der Waals surface area contributed by atoms with Gasteiger partial charge in [-0.05, 0) is 38.8 Å². The van der Waals surface area contributed by atoms with Crippen molar-refractivity contribution in [3.63, 3.8) is 0 Å². The standard InChI is InChI=1S/C17H18ClNO4/c1-9(2)23-17(21)12-4-5-19-13(12)6-10(3)15(19)16(20)14-7-11(18)8-22-14/h6-9,12H,4-5H2,1-3H3. The van der Waals surface area contributed by atoms with E-state index in [4.69, 9.17) is 20.8 Å². The Hall–Kier alpha value is -2.01. The normalized spacial score (nSPS) is 16.7. The number of ether oxygens (including phenoxy) is 1. The van der Waals surface area contributed by atoms with E-state index in [0.29, 0.717) is 23.7 Å². The number of hydrogen-bond acceptors (Lipinski definition) is 4. The number of hydrogen-bond donors (Lipinski definition) is 0. The predicted octanol–water partition coefficient (Wildman–Crippen LogP) is 3.71. The van der Waals surface area contributed by atoms with E-state index in [1.165, 1.54) is 12.3 Å². The molecule has 1 aliphatic rings. The number of rotatable bonds is 4. The van der Waals surface area contributed by atoms with Gasteiger partial charge in [0.05, 0.1) is 22.7 Å². The van der Waals surface area contributed by atoms with Crippen LogP contribution in [0.1, 0.15) is 53.7 Å². The number of ketones is 1. The topological polar surface area (TPSA) is 61.4 Å². The molecule has 0 N–H and O–H groups in total.